The molecule has 0 fully saturated rings. The van der Waals surface area contributed by atoms with Crippen LogP contribution in [0, 0.1) is 6.92 Å². The molecule has 0 aliphatic carbocycles. The third-order valence-corrected chi connectivity index (χ3v) is 13.9. The first-order valence-corrected chi connectivity index (χ1v) is 26.9. The Morgan fingerprint density at radius 2 is 0.507 bits per heavy atom. The van der Waals surface area contributed by atoms with Gasteiger partial charge >= 0.3 is 0 Å². The molecule has 0 aromatic heterocycles. The van der Waals surface area contributed by atoms with Crippen LogP contribution >= 0.6 is 0 Å². The fourth-order valence-corrected chi connectivity index (χ4v) is 8.51. The van der Waals surface area contributed by atoms with E-state index in [0.717, 1.165) is 109 Å². The van der Waals surface area contributed by atoms with Crippen LogP contribution in [0.4, 0.5) is 0 Å². The van der Waals surface area contributed by atoms with Crippen molar-refractivity contribution in [3.63, 3.8) is 0 Å². The number of hydrogen-bond donors (Lipinski definition) is 4. The van der Waals surface area contributed by atoms with Crippen molar-refractivity contribution in [1.29, 1.82) is 0 Å². The Labute approximate surface area is 425 Å². The lowest BCUT2D eigenvalue weighted by atomic mass is 9.93. The van der Waals surface area contributed by atoms with Gasteiger partial charge in [-0.2, -0.15) is 0 Å². The molecule has 1 aromatic carbocycles. The molecule has 0 aliphatic heterocycles. The van der Waals surface area contributed by atoms with Gasteiger partial charge in [-0.3, -0.25) is 0 Å². The van der Waals surface area contributed by atoms with E-state index in [2.05, 4.69) is 150 Å². The molecule has 0 bridgehead atoms. The molecule has 386 valence electrons. The quantitative estimate of drug-likeness (QED) is 0.0404. The smallest absolute Gasteiger partial charge is 0.125 e. The summed E-state index contributed by atoms with van der Waals surface area (Å²) in [7, 11) is 0. The van der Waals surface area contributed by atoms with E-state index in [1.165, 1.54) is 87.0 Å². The number of hydrogen-bond acceptors (Lipinski definition) is 4. The van der Waals surface area contributed by atoms with Crippen molar-refractivity contribution in [3.05, 3.63) is 150 Å². The minimum Gasteiger partial charge on any atom is -0.507 e. The fourth-order valence-electron chi connectivity index (χ4n) is 8.51. The maximum absolute atomic E-state index is 10.7. The minimum atomic E-state index is -0.438. The first-order chi connectivity index (χ1) is 32.9. The fraction of sp³-hybridized carbons (Fsp3) is 0.569. The Hall–Kier alpha value is -4.12. The number of benzene rings is 1. The van der Waals surface area contributed by atoms with Crippen LogP contribution in [0.2, 0.25) is 0 Å². The second-order valence-corrected chi connectivity index (χ2v) is 20.6. The van der Waals surface area contributed by atoms with Crippen LogP contribution < -0.4 is 0 Å². The normalized spacial score (nSPS) is 14.7. The zero-order valence-corrected chi connectivity index (χ0v) is 46.6. The average molecular weight is 948 g/mol. The van der Waals surface area contributed by atoms with Crippen molar-refractivity contribution in [3.8, 4) is 11.5 Å². The topological polar surface area (TPSA) is 80.9 Å². The molecule has 4 heteroatoms. The van der Waals surface area contributed by atoms with Crippen LogP contribution in [-0.2, 0) is 19.6 Å². The number of rotatable bonds is 35. The highest BCUT2D eigenvalue weighted by molar-refractivity contribution is 5.58. The summed E-state index contributed by atoms with van der Waals surface area (Å²) < 4.78 is 0. The Bertz CT molecular complexity index is 2030. The van der Waals surface area contributed by atoms with Crippen molar-refractivity contribution in [2.45, 2.75) is 244 Å². The second kappa shape index (κ2) is 37.7. The first-order valence-electron chi connectivity index (χ1n) is 26.9. The van der Waals surface area contributed by atoms with Gasteiger partial charge in [0.1, 0.15) is 11.5 Å². The number of allylic oxidation sites excluding steroid dienone is 22. The highest BCUT2D eigenvalue weighted by Crippen LogP contribution is 2.38. The van der Waals surface area contributed by atoms with Gasteiger partial charge in [0, 0.05) is 16.7 Å². The standard InChI is InChI=1S/C65H102O4/c1-14-49(2)25-15-26-50(3)27-16-28-51(4)29-17-30-52(5)31-18-32-53(6)33-19-34-54(7)35-20-36-55(8)37-21-38-56(9)39-22-40-57(10)41-23-42-58(11)43-24-44-59(12)45-46-61-60(13)64(68)62(47-66)63(48-67)65(61)69/h25,27,29,31,33,35,37,39,41,43,45,66-69H,14-24,26,28,30,32,34,36,38,40,42,44,46-48H2,1-13H3/b49-25+,50-27+,51-29+,52-31+,53-33+,54-35+,55-37+,56-39+,57-41+,58-43+,59-45+. The van der Waals surface area contributed by atoms with Crippen LogP contribution in [0.3, 0.4) is 0 Å². The molecule has 0 unspecified atom stereocenters. The highest BCUT2D eigenvalue weighted by Gasteiger charge is 2.20. The van der Waals surface area contributed by atoms with E-state index in [1.54, 1.807) is 6.92 Å². The van der Waals surface area contributed by atoms with Gasteiger partial charge in [-0.1, -0.05) is 135 Å². The molecule has 0 heterocycles. The molecule has 0 amide bonds. The molecule has 4 nitrogen and oxygen atoms in total. The maximum Gasteiger partial charge on any atom is 0.125 e. The Morgan fingerprint density at radius 1 is 0.304 bits per heavy atom. The number of aromatic hydroxyl groups is 2. The van der Waals surface area contributed by atoms with E-state index in [9.17, 15) is 20.4 Å². The average Bonchev–Trinajstić information content (AvgIpc) is 3.29. The zero-order valence-electron chi connectivity index (χ0n) is 46.6. The molecule has 69 heavy (non-hydrogen) atoms. The summed E-state index contributed by atoms with van der Waals surface area (Å²) in [6.07, 6.45) is 50.3. The van der Waals surface area contributed by atoms with E-state index < -0.39 is 13.2 Å². The van der Waals surface area contributed by atoms with E-state index in [1.807, 2.05) is 0 Å². The molecule has 1 aromatic rings. The van der Waals surface area contributed by atoms with Gasteiger partial charge < -0.3 is 20.4 Å². The Kier molecular flexibility index (Phi) is 34.3. The Balaban J connectivity index is 2.30. The summed E-state index contributed by atoms with van der Waals surface area (Å²) in [5.41, 5.74) is 17.7. The lowest BCUT2D eigenvalue weighted by molar-refractivity contribution is 0.249. The van der Waals surface area contributed by atoms with Gasteiger partial charge in [-0.15, -0.1) is 0 Å². The summed E-state index contributed by atoms with van der Waals surface area (Å²) in [6.45, 7) is 27.9. The lowest BCUT2D eigenvalue weighted by Gasteiger charge is -2.17. The largest absolute Gasteiger partial charge is 0.507 e. The first kappa shape index (κ1) is 62.9. The molecule has 1 rings (SSSR count). The summed E-state index contributed by atoms with van der Waals surface area (Å²) in [5, 5.41) is 40.5. The maximum atomic E-state index is 10.7. The monoisotopic (exact) mass is 947 g/mol. The van der Waals surface area contributed by atoms with E-state index in [0.29, 0.717) is 17.5 Å². The molecular weight excluding hydrogens is 845 g/mol. The lowest BCUT2D eigenvalue weighted by Crippen LogP contribution is -2.02. The van der Waals surface area contributed by atoms with Gasteiger partial charge in [0.2, 0.25) is 0 Å². The molecule has 4 N–H and O–H groups in total. The molecular formula is C65H102O4. The molecule has 0 atom stereocenters. The SMILES string of the molecule is CC/C(C)=C/CC/C(C)=C/CC/C(C)=C/CC/C(C)=C/CC/C(C)=C/CC/C(C)=C/CC/C(C)=C/CC/C(C)=C/CC/C(C)=C/CC/C(C)=C/CC/C(C)=C/Cc1c(C)c(O)c(CO)c(CO)c1O. The molecule has 0 radical (unpaired) electrons. The van der Waals surface area contributed by atoms with Gasteiger partial charge in [0.15, 0.2) is 0 Å². The van der Waals surface area contributed by atoms with Crippen LogP contribution in [0.1, 0.15) is 240 Å². The molecule has 0 saturated carbocycles. The third kappa shape index (κ3) is 29.6. The van der Waals surface area contributed by atoms with Crippen LogP contribution in [0.15, 0.2) is 128 Å². The van der Waals surface area contributed by atoms with Crippen molar-refractivity contribution < 1.29 is 20.4 Å². The van der Waals surface area contributed by atoms with Crippen LogP contribution in [0.25, 0.3) is 0 Å². The van der Waals surface area contributed by atoms with Crippen LogP contribution in [-0.4, -0.2) is 20.4 Å². The minimum absolute atomic E-state index is 0.0420. The Morgan fingerprint density at radius 3 is 0.725 bits per heavy atom. The highest BCUT2D eigenvalue weighted by atomic mass is 16.3. The summed E-state index contributed by atoms with van der Waals surface area (Å²) in [5.74, 6) is -0.0985. The third-order valence-electron chi connectivity index (χ3n) is 13.9. The number of aliphatic hydroxyl groups excluding tert-OH is 2. The van der Waals surface area contributed by atoms with Gasteiger partial charge in [0.05, 0.1) is 13.2 Å². The van der Waals surface area contributed by atoms with E-state index in [4.69, 9.17) is 0 Å². The van der Waals surface area contributed by atoms with Crippen LogP contribution in [0.5, 0.6) is 11.5 Å². The van der Waals surface area contributed by atoms with Crippen molar-refractivity contribution in [2.75, 3.05) is 0 Å². The van der Waals surface area contributed by atoms with E-state index in [-0.39, 0.29) is 22.6 Å². The van der Waals surface area contributed by atoms with Gasteiger partial charge in [-0.05, 0) is 230 Å². The number of aliphatic hydroxyl groups is 2. The predicted molar refractivity (Wildman–Crippen MR) is 304 cm³/mol. The summed E-state index contributed by atoms with van der Waals surface area (Å²) in [4.78, 5) is 0. The molecule has 0 saturated heterocycles. The number of phenols is 2. The predicted octanol–water partition coefficient (Wildman–Crippen LogP) is 19.6. The van der Waals surface area contributed by atoms with E-state index >= 15 is 0 Å². The zero-order chi connectivity index (χ0) is 51.6. The van der Waals surface area contributed by atoms with Crippen molar-refractivity contribution in [1.82, 2.24) is 0 Å². The van der Waals surface area contributed by atoms with Crippen molar-refractivity contribution in [2.24, 2.45) is 0 Å². The van der Waals surface area contributed by atoms with Gasteiger partial charge in [0.25, 0.3) is 0 Å². The summed E-state index contributed by atoms with van der Waals surface area (Å²) >= 11 is 0. The second-order valence-electron chi connectivity index (χ2n) is 20.6. The summed E-state index contributed by atoms with van der Waals surface area (Å²) in [6, 6.07) is 0. The van der Waals surface area contributed by atoms with Gasteiger partial charge in [-0.25, -0.2) is 0 Å². The van der Waals surface area contributed by atoms with Crippen molar-refractivity contribution >= 4 is 0 Å². The molecule has 0 spiro atoms. The molecule has 0 aliphatic rings.